The SMILES string of the molecule is CC(C)(C)OC(=O)N1CCC(CS(=O)(=O)c2ccc(Br)cc2F)CC1.CC(C)(C)OC(=O)N1CCC(CSc2ccc(Br)cc2F)CC1.Fc1cc(Br)ccc1S.O=S(=O)(CC1CCNCC1)c1ccc(Br)cc1F. The Morgan fingerprint density at radius 2 is 0.933 bits per heavy atom. The number of hydrogen-bond donors (Lipinski definition) is 2. The minimum atomic E-state index is -3.70. The van der Waals surface area contributed by atoms with Crippen molar-refractivity contribution in [1.82, 2.24) is 15.1 Å². The van der Waals surface area contributed by atoms with Crippen LogP contribution in [-0.4, -0.2) is 107 Å². The number of rotatable bonds is 9. The standard InChI is InChI=1S/C17H23BrFNO4S.C17H23BrFNO2S.C12H15BrFNO2S.C6H4BrFS/c1-17(2,3)24-16(21)20-8-6-12(7-9-20)11-25(22,23)15-5-4-13(18)10-14(15)19;1-17(2,3)22-16(21)20-8-6-12(7-9-20)11-23-15-5-4-13(18)10-14(15)19;13-10-1-2-12(11(14)7-10)18(16,17)8-9-3-5-15-6-4-9;7-4-1-2-6(9)5(8)3-4/h4-5,10,12H,6-9,11H2,1-3H3;4-5,10,12H,6-9,11H2,1-3H3;1-2,7,9,15H,3-6,8H2;1-3,9H. The van der Waals surface area contributed by atoms with Crippen molar-refractivity contribution < 1.29 is 53.5 Å². The van der Waals surface area contributed by atoms with Gasteiger partial charge in [0.15, 0.2) is 19.7 Å². The normalized spacial score (nSPS) is 16.1. The molecular formula is C52H65Br4F4N3O8S4. The minimum absolute atomic E-state index is 0.0350. The molecule has 0 spiro atoms. The van der Waals surface area contributed by atoms with E-state index < -0.39 is 42.5 Å². The van der Waals surface area contributed by atoms with Gasteiger partial charge in [-0.1, -0.05) is 63.7 Å². The van der Waals surface area contributed by atoms with E-state index in [2.05, 4.69) is 81.7 Å². The lowest BCUT2D eigenvalue weighted by atomic mass is 9.99. The van der Waals surface area contributed by atoms with Gasteiger partial charge in [-0.3, -0.25) is 0 Å². The molecule has 1 N–H and O–H groups in total. The van der Waals surface area contributed by atoms with Crippen molar-refractivity contribution in [1.29, 1.82) is 0 Å². The first-order chi connectivity index (χ1) is 34.9. The number of hydrogen-bond acceptors (Lipinski definition) is 11. The number of nitrogens with zero attached hydrogens (tertiary/aromatic N) is 2. The largest absolute Gasteiger partial charge is 0.444 e. The molecule has 3 aliphatic rings. The maximum absolute atomic E-state index is 13.9. The van der Waals surface area contributed by atoms with Gasteiger partial charge in [0, 0.05) is 59.6 Å². The van der Waals surface area contributed by atoms with Crippen LogP contribution < -0.4 is 5.32 Å². The van der Waals surface area contributed by atoms with Gasteiger partial charge in [0.1, 0.15) is 44.3 Å². The first-order valence-corrected chi connectivity index (χ1v) is 32.1. The lowest BCUT2D eigenvalue weighted by Crippen LogP contribution is -2.42. The number of likely N-dealkylation sites (tertiary alicyclic amines) is 2. The molecule has 23 heteroatoms. The molecule has 2 amide bonds. The number of carbonyl (C=O) groups excluding carboxylic acids is 2. The molecule has 0 aromatic heterocycles. The molecule has 3 heterocycles. The molecule has 11 nitrogen and oxygen atoms in total. The summed E-state index contributed by atoms with van der Waals surface area (Å²) in [6.45, 7) is 15.0. The third-order valence-corrected chi connectivity index (χ3v) is 19.1. The van der Waals surface area contributed by atoms with Crippen molar-refractivity contribution in [2.75, 3.05) is 56.5 Å². The number of thiol groups is 1. The van der Waals surface area contributed by atoms with Crippen LogP contribution >= 0.6 is 88.1 Å². The fraction of sp³-hybridized carbons (Fsp3) is 0.500. The number of nitrogens with one attached hydrogen (secondary N) is 1. The van der Waals surface area contributed by atoms with E-state index in [1.807, 2.05) is 26.8 Å². The van der Waals surface area contributed by atoms with Gasteiger partial charge in [0.2, 0.25) is 0 Å². The van der Waals surface area contributed by atoms with Crippen LogP contribution in [0.15, 0.2) is 110 Å². The van der Waals surface area contributed by atoms with Crippen LogP contribution in [0.25, 0.3) is 0 Å². The molecule has 0 aliphatic carbocycles. The molecule has 416 valence electrons. The quantitative estimate of drug-likeness (QED) is 0.0946. The van der Waals surface area contributed by atoms with Gasteiger partial charge in [0.25, 0.3) is 0 Å². The highest BCUT2D eigenvalue weighted by molar-refractivity contribution is 9.11. The molecule has 3 aliphatic heterocycles. The summed E-state index contributed by atoms with van der Waals surface area (Å²) >= 11 is 18.0. The molecule has 3 saturated heterocycles. The number of ether oxygens (including phenoxy) is 2. The van der Waals surface area contributed by atoms with E-state index in [1.165, 1.54) is 36.4 Å². The number of thioether (sulfide) groups is 1. The van der Waals surface area contributed by atoms with Gasteiger partial charge < -0.3 is 24.6 Å². The molecule has 7 rings (SSSR count). The summed E-state index contributed by atoms with van der Waals surface area (Å²) in [4.78, 5) is 28.0. The van der Waals surface area contributed by atoms with E-state index in [-0.39, 0.29) is 57.0 Å². The predicted molar refractivity (Wildman–Crippen MR) is 305 cm³/mol. The van der Waals surface area contributed by atoms with Gasteiger partial charge in [0.05, 0.1) is 11.5 Å². The maximum atomic E-state index is 13.9. The van der Waals surface area contributed by atoms with Gasteiger partial charge in [-0.25, -0.2) is 44.0 Å². The van der Waals surface area contributed by atoms with Crippen LogP contribution in [0.5, 0.6) is 0 Å². The summed E-state index contributed by atoms with van der Waals surface area (Å²) in [5.74, 6) is -0.600. The fourth-order valence-electron chi connectivity index (χ4n) is 7.80. The molecule has 0 radical (unpaired) electrons. The summed E-state index contributed by atoms with van der Waals surface area (Å²) in [5.41, 5.74) is -1.01. The molecule has 0 atom stereocenters. The highest BCUT2D eigenvalue weighted by Crippen LogP contribution is 2.31. The Morgan fingerprint density at radius 1 is 0.573 bits per heavy atom. The van der Waals surface area contributed by atoms with Crippen molar-refractivity contribution in [3.05, 3.63) is 114 Å². The van der Waals surface area contributed by atoms with Crippen LogP contribution in [-0.2, 0) is 29.1 Å². The highest BCUT2D eigenvalue weighted by Gasteiger charge is 2.32. The van der Waals surface area contributed by atoms with Crippen LogP contribution in [0.2, 0.25) is 0 Å². The van der Waals surface area contributed by atoms with E-state index in [4.69, 9.17) is 9.47 Å². The van der Waals surface area contributed by atoms with E-state index >= 15 is 0 Å². The Balaban J connectivity index is 0.000000226. The van der Waals surface area contributed by atoms with E-state index in [9.17, 15) is 44.0 Å². The molecule has 0 bridgehead atoms. The number of piperidine rings is 3. The zero-order valence-corrected chi connectivity index (χ0v) is 52.3. The van der Waals surface area contributed by atoms with Crippen LogP contribution in [0.3, 0.4) is 0 Å². The Kier molecular flexibility index (Phi) is 25.8. The van der Waals surface area contributed by atoms with Crippen molar-refractivity contribution in [2.45, 2.75) is 111 Å². The summed E-state index contributed by atoms with van der Waals surface area (Å²) in [5, 5.41) is 3.18. The summed E-state index contributed by atoms with van der Waals surface area (Å²) in [6.07, 6.45) is 4.02. The second-order valence-corrected chi connectivity index (χ2v) is 29.4. The third-order valence-electron chi connectivity index (χ3n) is 11.6. The maximum Gasteiger partial charge on any atom is 0.410 e. The summed E-state index contributed by atoms with van der Waals surface area (Å²) < 4.78 is 116. The average Bonchev–Trinajstić information content (AvgIpc) is 3.30. The Labute approximate surface area is 483 Å². The van der Waals surface area contributed by atoms with Crippen molar-refractivity contribution in [2.24, 2.45) is 17.8 Å². The predicted octanol–water partition coefficient (Wildman–Crippen LogP) is 14.6. The summed E-state index contributed by atoms with van der Waals surface area (Å²) in [7, 11) is -7.24. The smallest absolute Gasteiger partial charge is 0.410 e. The molecule has 4 aromatic carbocycles. The van der Waals surface area contributed by atoms with Crippen LogP contribution in [0.4, 0.5) is 27.2 Å². The number of carbonyl (C=O) groups is 2. The number of sulfone groups is 2. The molecule has 4 aromatic rings. The van der Waals surface area contributed by atoms with Crippen molar-refractivity contribution >= 4 is 120 Å². The number of halogens is 8. The second-order valence-electron chi connectivity index (χ2n) is 20.2. The average molecular weight is 1380 g/mol. The van der Waals surface area contributed by atoms with E-state index in [0.29, 0.717) is 63.7 Å². The van der Waals surface area contributed by atoms with E-state index in [1.54, 1.807) is 66.6 Å². The van der Waals surface area contributed by atoms with Gasteiger partial charge >= 0.3 is 12.2 Å². The van der Waals surface area contributed by atoms with Crippen molar-refractivity contribution in [3.63, 3.8) is 0 Å². The first kappa shape index (κ1) is 65.1. The lowest BCUT2D eigenvalue weighted by Gasteiger charge is -2.33. The van der Waals surface area contributed by atoms with Crippen LogP contribution in [0.1, 0.15) is 80.1 Å². The molecule has 3 fully saturated rings. The monoisotopic (exact) mass is 1380 g/mol. The lowest BCUT2D eigenvalue weighted by molar-refractivity contribution is 0.0180. The molecule has 75 heavy (non-hydrogen) atoms. The number of amides is 2. The van der Waals surface area contributed by atoms with Gasteiger partial charge in [-0.2, -0.15) is 0 Å². The molecule has 0 saturated carbocycles. The topological polar surface area (TPSA) is 139 Å². The Morgan fingerprint density at radius 3 is 1.31 bits per heavy atom. The highest BCUT2D eigenvalue weighted by atomic mass is 79.9. The van der Waals surface area contributed by atoms with Crippen LogP contribution in [0, 0.1) is 41.0 Å². The Bertz CT molecular complexity index is 2770. The van der Waals surface area contributed by atoms with Gasteiger partial charge in [-0.15, -0.1) is 24.4 Å². The fourth-order valence-corrected chi connectivity index (χ4v) is 13.9. The van der Waals surface area contributed by atoms with E-state index in [0.717, 1.165) is 59.5 Å². The zero-order valence-electron chi connectivity index (χ0n) is 42.6. The molecular weight excluding hydrogens is 1320 g/mol. The third kappa shape index (κ3) is 23.1. The van der Waals surface area contributed by atoms with Gasteiger partial charge in [-0.05, 0) is 184 Å². The second kappa shape index (κ2) is 29.7. The Hall–Kier alpha value is -2.38. The summed E-state index contributed by atoms with van der Waals surface area (Å²) in [6, 6.07) is 17.9. The first-order valence-electron chi connectivity index (χ1n) is 24.2. The molecule has 0 unspecified atom stereocenters. The number of benzene rings is 4. The van der Waals surface area contributed by atoms with Crippen molar-refractivity contribution in [3.8, 4) is 0 Å². The minimum Gasteiger partial charge on any atom is -0.444 e. The zero-order chi connectivity index (χ0) is 55.9.